The van der Waals surface area contributed by atoms with Gasteiger partial charge in [0.1, 0.15) is 30.4 Å². The topological polar surface area (TPSA) is 171 Å². The number of ether oxygens (including phenoxy) is 2. The molecular weight excluding hydrogens is 590 g/mol. The summed E-state index contributed by atoms with van der Waals surface area (Å²) >= 11 is 0.660. The quantitative estimate of drug-likeness (QED) is 0.168. The molecule has 1 saturated heterocycles. The highest BCUT2D eigenvalue weighted by Gasteiger charge is 2.36. The Hall–Kier alpha value is -4.89. The smallest absolute Gasteiger partial charge is 0.339 e. The number of thioether (sulfide) groups is 1. The Morgan fingerprint density at radius 2 is 1.79 bits per heavy atom. The standard InChI is InChI=1S/C27H21N3O10S2/c1-16-2-8-20(14-21(16)30(34)35)42(36,37)40-19-6-3-17(4-7-19)12-24-26(32)29(27(33)41-24)15-25(31)28-18-5-9-22-23(13-18)39-11-10-38-22/h2-9,12-14H,10-11,15H2,1H3,(H,28,31)/b24-12-. The van der Waals surface area contributed by atoms with Gasteiger partial charge in [0.05, 0.1) is 9.83 Å². The molecule has 1 fully saturated rings. The number of aryl methyl sites for hydroxylation is 1. The second-order valence-electron chi connectivity index (χ2n) is 8.99. The molecular formula is C27H21N3O10S2. The van der Waals surface area contributed by atoms with Crippen molar-refractivity contribution in [3.8, 4) is 17.2 Å². The van der Waals surface area contributed by atoms with Gasteiger partial charge in [-0.25, -0.2) is 0 Å². The van der Waals surface area contributed by atoms with Crippen LogP contribution in [0.3, 0.4) is 0 Å². The third kappa shape index (κ3) is 6.21. The maximum Gasteiger partial charge on any atom is 0.339 e. The molecule has 216 valence electrons. The SMILES string of the molecule is Cc1ccc(S(=O)(=O)Oc2ccc(/C=C3\SC(=O)N(CC(=O)Nc4ccc5c(c4)OCCO5)C3=O)cc2)cc1[N+](=O)[O-]. The third-order valence-electron chi connectivity index (χ3n) is 6.05. The van der Waals surface area contributed by atoms with Crippen molar-refractivity contribution in [3.05, 3.63) is 86.8 Å². The first-order chi connectivity index (χ1) is 20.0. The summed E-state index contributed by atoms with van der Waals surface area (Å²) in [6.45, 7) is 1.79. The summed E-state index contributed by atoms with van der Waals surface area (Å²) in [6.07, 6.45) is 1.42. The number of nitrogens with zero attached hydrogens (tertiary/aromatic N) is 2. The van der Waals surface area contributed by atoms with E-state index in [1.807, 2.05) is 0 Å². The number of nitrogens with one attached hydrogen (secondary N) is 1. The van der Waals surface area contributed by atoms with E-state index in [0.29, 0.717) is 53.3 Å². The van der Waals surface area contributed by atoms with E-state index < -0.39 is 38.6 Å². The maximum absolute atomic E-state index is 12.9. The monoisotopic (exact) mass is 611 g/mol. The number of nitro benzene ring substituents is 1. The molecule has 0 atom stereocenters. The lowest BCUT2D eigenvalue weighted by atomic mass is 10.2. The summed E-state index contributed by atoms with van der Waals surface area (Å²) < 4.78 is 41.3. The lowest BCUT2D eigenvalue weighted by Gasteiger charge is -2.19. The predicted molar refractivity (Wildman–Crippen MR) is 151 cm³/mol. The molecule has 0 unspecified atom stereocenters. The van der Waals surface area contributed by atoms with Gasteiger partial charge in [-0.15, -0.1) is 0 Å². The van der Waals surface area contributed by atoms with Crippen LogP contribution in [-0.2, 0) is 19.7 Å². The first-order valence-corrected chi connectivity index (χ1v) is 14.5. The Morgan fingerprint density at radius 1 is 1.07 bits per heavy atom. The first kappa shape index (κ1) is 28.6. The highest BCUT2D eigenvalue weighted by atomic mass is 32.2. The number of fused-ring (bicyclic) bond motifs is 1. The number of rotatable bonds is 8. The average Bonchev–Trinajstić information content (AvgIpc) is 3.21. The molecule has 5 rings (SSSR count). The molecule has 0 radical (unpaired) electrons. The largest absolute Gasteiger partial charge is 0.486 e. The molecule has 0 spiro atoms. The van der Waals surface area contributed by atoms with E-state index in [1.54, 1.807) is 18.2 Å². The van der Waals surface area contributed by atoms with Crippen molar-refractivity contribution >= 4 is 56.4 Å². The first-order valence-electron chi connectivity index (χ1n) is 12.2. The maximum atomic E-state index is 12.9. The van der Waals surface area contributed by atoms with Gasteiger partial charge in [0.25, 0.3) is 16.8 Å². The fourth-order valence-corrected chi connectivity index (χ4v) is 5.78. The van der Waals surface area contributed by atoms with Gasteiger partial charge in [-0.3, -0.25) is 29.4 Å². The highest BCUT2D eigenvalue weighted by molar-refractivity contribution is 8.18. The lowest BCUT2D eigenvalue weighted by Crippen LogP contribution is -2.36. The summed E-state index contributed by atoms with van der Waals surface area (Å²) in [5, 5.41) is 13.2. The molecule has 0 saturated carbocycles. The van der Waals surface area contributed by atoms with Crippen LogP contribution in [0.1, 0.15) is 11.1 Å². The van der Waals surface area contributed by atoms with Crippen molar-refractivity contribution in [3.63, 3.8) is 0 Å². The molecule has 0 bridgehead atoms. The summed E-state index contributed by atoms with van der Waals surface area (Å²) in [7, 11) is -4.36. The van der Waals surface area contributed by atoms with Gasteiger partial charge in [-0.2, -0.15) is 8.42 Å². The second-order valence-corrected chi connectivity index (χ2v) is 11.5. The number of amides is 3. The zero-order chi connectivity index (χ0) is 30.0. The van der Waals surface area contributed by atoms with Crippen LogP contribution in [0.5, 0.6) is 17.2 Å². The number of nitro groups is 1. The van der Waals surface area contributed by atoms with E-state index in [-0.39, 0.29) is 21.2 Å². The molecule has 0 aromatic heterocycles. The van der Waals surface area contributed by atoms with Crippen LogP contribution < -0.4 is 19.0 Å². The van der Waals surface area contributed by atoms with Crippen molar-refractivity contribution < 1.29 is 41.4 Å². The summed E-state index contributed by atoms with van der Waals surface area (Å²) in [5.74, 6) is -0.294. The zero-order valence-corrected chi connectivity index (χ0v) is 23.4. The number of benzene rings is 3. The van der Waals surface area contributed by atoms with Crippen LogP contribution in [0.15, 0.2) is 70.5 Å². The van der Waals surface area contributed by atoms with E-state index in [0.717, 1.165) is 11.0 Å². The highest BCUT2D eigenvalue weighted by Crippen LogP contribution is 2.34. The molecule has 2 heterocycles. The van der Waals surface area contributed by atoms with E-state index >= 15 is 0 Å². The minimum Gasteiger partial charge on any atom is -0.486 e. The summed E-state index contributed by atoms with van der Waals surface area (Å²) in [4.78, 5) is 48.9. The number of carbonyl (C=O) groups is 3. The fraction of sp³-hybridized carbons (Fsp3) is 0.148. The molecule has 3 amide bonds. The van der Waals surface area contributed by atoms with Gasteiger partial charge in [0.2, 0.25) is 5.91 Å². The third-order valence-corrected chi connectivity index (χ3v) is 8.20. The van der Waals surface area contributed by atoms with Gasteiger partial charge in [-0.05, 0) is 60.7 Å². The molecule has 0 aliphatic carbocycles. The van der Waals surface area contributed by atoms with E-state index in [9.17, 15) is 32.9 Å². The average molecular weight is 612 g/mol. The van der Waals surface area contributed by atoms with Crippen LogP contribution >= 0.6 is 11.8 Å². The van der Waals surface area contributed by atoms with Gasteiger partial charge < -0.3 is 19.0 Å². The van der Waals surface area contributed by atoms with Crippen molar-refractivity contribution in [1.29, 1.82) is 0 Å². The molecule has 2 aliphatic heterocycles. The van der Waals surface area contributed by atoms with E-state index in [4.69, 9.17) is 13.7 Å². The van der Waals surface area contributed by atoms with Gasteiger partial charge in [0, 0.05) is 23.4 Å². The second kappa shape index (κ2) is 11.5. The van der Waals surface area contributed by atoms with Crippen LogP contribution in [0.4, 0.5) is 16.2 Å². The molecule has 15 heteroatoms. The van der Waals surface area contributed by atoms with Crippen molar-refractivity contribution in [2.75, 3.05) is 25.1 Å². The van der Waals surface area contributed by atoms with Crippen LogP contribution in [0.2, 0.25) is 0 Å². The molecule has 42 heavy (non-hydrogen) atoms. The zero-order valence-electron chi connectivity index (χ0n) is 21.8. The lowest BCUT2D eigenvalue weighted by molar-refractivity contribution is -0.385. The molecule has 3 aromatic carbocycles. The molecule has 13 nitrogen and oxygen atoms in total. The summed E-state index contributed by atoms with van der Waals surface area (Å²) in [6, 6.07) is 13.9. The van der Waals surface area contributed by atoms with Gasteiger partial charge in [-0.1, -0.05) is 18.2 Å². The molecule has 1 N–H and O–H groups in total. The van der Waals surface area contributed by atoms with E-state index in [1.165, 1.54) is 49.4 Å². The minimum atomic E-state index is -4.36. The van der Waals surface area contributed by atoms with Crippen molar-refractivity contribution in [1.82, 2.24) is 4.90 Å². The number of hydrogen-bond donors (Lipinski definition) is 1. The summed E-state index contributed by atoms with van der Waals surface area (Å²) in [5.41, 5.74) is 0.812. The minimum absolute atomic E-state index is 0.0698. The van der Waals surface area contributed by atoms with Crippen LogP contribution in [-0.4, -0.2) is 55.1 Å². The van der Waals surface area contributed by atoms with Crippen molar-refractivity contribution in [2.24, 2.45) is 0 Å². The van der Waals surface area contributed by atoms with Crippen molar-refractivity contribution in [2.45, 2.75) is 11.8 Å². The van der Waals surface area contributed by atoms with E-state index in [2.05, 4.69) is 5.32 Å². The molecule has 2 aliphatic rings. The Morgan fingerprint density at radius 3 is 2.50 bits per heavy atom. The number of hydrogen-bond acceptors (Lipinski definition) is 11. The Labute approximate surface area is 243 Å². The Balaban J connectivity index is 1.22. The van der Waals surface area contributed by atoms with Gasteiger partial charge in [0.15, 0.2) is 11.5 Å². The fourth-order valence-electron chi connectivity index (χ4n) is 3.99. The number of carbonyl (C=O) groups excluding carboxylic acids is 3. The van der Waals surface area contributed by atoms with Gasteiger partial charge >= 0.3 is 10.1 Å². The predicted octanol–water partition coefficient (Wildman–Crippen LogP) is 4.12. The Kier molecular flexibility index (Phi) is 7.87. The number of imide groups is 1. The number of anilines is 1. The molecule has 3 aromatic rings. The van der Waals surface area contributed by atoms with Crippen LogP contribution in [0, 0.1) is 17.0 Å². The van der Waals surface area contributed by atoms with Crippen LogP contribution in [0.25, 0.3) is 6.08 Å². The normalized spacial score (nSPS) is 15.5. The Bertz CT molecular complexity index is 1750.